The maximum Gasteiger partial charge on any atom is 0.252 e. The third-order valence-corrected chi connectivity index (χ3v) is 5.90. The number of carbonyl (C=O) groups excluding carboxylic acids is 1. The third-order valence-electron chi connectivity index (χ3n) is 5.90. The first-order valence-corrected chi connectivity index (χ1v) is 8.28. The Bertz CT molecular complexity index is 352. The van der Waals surface area contributed by atoms with Gasteiger partial charge in [-0.25, -0.2) is 0 Å². The van der Waals surface area contributed by atoms with E-state index in [-0.39, 0.29) is 5.91 Å². The van der Waals surface area contributed by atoms with Crippen LogP contribution in [0.4, 0.5) is 0 Å². The molecule has 3 aliphatic rings. The molecule has 0 aromatic carbocycles. The summed E-state index contributed by atoms with van der Waals surface area (Å²) in [7, 11) is 1.67. The van der Waals surface area contributed by atoms with Gasteiger partial charge >= 0.3 is 0 Å². The van der Waals surface area contributed by atoms with Crippen molar-refractivity contribution in [3.8, 4) is 0 Å². The number of nitrogens with one attached hydrogen (secondary N) is 2. The Kier molecular flexibility index (Phi) is 4.32. The maximum atomic E-state index is 12.4. The van der Waals surface area contributed by atoms with Crippen LogP contribution in [0, 0.1) is 17.8 Å². The van der Waals surface area contributed by atoms with Crippen molar-refractivity contribution >= 4 is 5.91 Å². The molecule has 1 heterocycles. The van der Waals surface area contributed by atoms with Crippen molar-refractivity contribution in [3.05, 3.63) is 0 Å². The van der Waals surface area contributed by atoms with Gasteiger partial charge in [0.1, 0.15) is 5.60 Å². The second-order valence-corrected chi connectivity index (χ2v) is 6.93. The highest BCUT2D eigenvalue weighted by atomic mass is 16.5. The van der Waals surface area contributed by atoms with Crippen molar-refractivity contribution < 1.29 is 9.53 Å². The summed E-state index contributed by atoms with van der Waals surface area (Å²) in [5, 5.41) is 6.43. The van der Waals surface area contributed by atoms with E-state index in [2.05, 4.69) is 10.6 Å². The largest absolute Gasteiger partial charge is 0.368 e. The molecule has 0 radical (unpaired) electrons. The van der Waals surface area contributed by atoms with E-state index in [1.165, 1.54) is 25.7 Å². The van der Waals surface area contributed by atoms with Crippen molar-refractivity contribution in [1.82, 2.24) is 10.6 Å². The summed E-state index contributed by atoms with van der Waals surface area (Å²) in [4.78, 5) is 12.4. The Morgan fingerprint density at radius 3 is 2.70 bits per heavy atom. The summed E-state index contributed by atoms with van der Waals surface area (Å²) in [6.07, 6.45) is 8.45. The van der Waals surface area contributed by atoms with E-state index in [9.17, 15) is 4.79 Å². The van der Waals surface area contributed by atoms with Crippen molar-refractivity contribution in [2.24, 2.45) is 17.8 Å². The number of hydrogen-bond acceptors (Lipinski definition) is 3. The number of ether oxygens (including phenoxy) is 1. The minimum atomic E-state index is -0.583. The Morgan fingerprint density at radius 1 is 1.30 bits per heavy atom. The molecule has 1 aliphatic heterocycles. The molecule has 3 atom stereocenters. The predicted octanol–water partition coefficient (Wildman–Crippen LogP) is 1.70. The molecule has 3 rings (SSSR count). The zero-order chi connectivity index (χ0) is 14.0. The fraction of sp³-hybridized carbons (Fsp3) is 0.938. The summed E-state index contributed by atoms with van der Waals surface area (Å²) >= 11 is 0. The van der Waals surface area contributed by atoms with Gasteiger partial charge in [0, 0.05) is 13.7 Å². The topological polar surface area (TPSA) is 50.4 Å². The van der Waals surface area contributed by atoms with Crippen LogP contribution in [-0.4, -0.2) is 38.3 Å². The Hall–Kier alpha value is -0.610. The highest BCUT2D eigenvalue weighted by molar-refractivity contribution is 5.85. The van der Waals surface area contributed by atoms with Crippen LogP contribution in [0.15, 0.2) is 0 Å². The van der Waals surface area contributed by atoms with Gasteiger partial charge in [-0.15, -0.1) is 0 Å². The number of fused-ring (bicyclic) bond motifs is 2. The molecule has 1 saturated heterocycles. The number of hydrogen-bond donors (Lipinski definition) is 2. The van der Waals surface area contributed by atoms with E-state index >= 15 is 0 Å². The maximum absolute atomic E-state index is 12.4. The van der Waals surface area contributed by atoms with E-state index in [4.69, 9.17) is 4.74 Å². The molecule has 0 aromatic rings. The van der Waals surface area contributed by atoms with Gasteiger partial charge in [-0.05, 0) is 69.4 Å². The molecule has 1 amide bonds. The highest BCUT2D eigenvalue weighted by Crippen LogP contribution is 2.49. The summed E-state index contributed by atoms with van der Waals surface area (Å²) < 4.78 is 5.56. The fourth-order valence-corrected chi connectivity index (χ4v) is 4.62. The highest BCUT2D eigenvalue weighted by Gasteiger charge is 2.41. The first kappa shape index (κ1) is 14.3. The van der Waals surface area contributed by atoms with Crippen molar-refractivity contribution in [1.29, 1.82) is 0 Å². The number of carbonyl (C=O) groups is 1. The summed E-state index contributed by atoms with van der Waals surface area (Å²) in [5.74, 6) is 2.91. The quantitative estimate of drug-likeness (QED) is 0.806. The van der Waals surface area contributed by atoms with Crippen LogP contribution < -0.4 is 10.6 Å². The average Bonchev–Trinajstić information content (AvgIpc) is 3.10. The van der Waals surface area contributed by atoms with Gasteiger partial charge in [-0.3, -0.25) is 4.79 Å². The van der Waals surface area contributed by atoms with E-state index in [1.807, 2.05) is 0 Å². The number of rotatable bonds is 5. The molecule has 2 bridgehead atoms. The molecule has 3 fully saturated rings. The van der Waals surface area contributed by atoms with Crippen LogP contribution in [0.3, 0.4) is 0 Å². The van der Waals surface area contributed by atoms with Crippen molar-refractivity contribution in [2.75, 3.05) is 26.7 Å². The summed E-state index contributed by atoms with van der Waals surface area (Å²) in [6, 6.07) is 0. The lowest BCUT2D eigenvalue weighted by Gasteiger charge is -2.35. The fourth-order valence-electron chi connectivity index (χ4n) is 4.62. The van der Waals surface area contributed by atoms with E-state index in [0.29, 0.717) is 0 Å². The lowest BCUT2D eigenvalue weighted by molar-refractivity contribution is -0.146. The number of piperidine rings is 1. The minimum absolute atomic E-state index is 0.102. The van der Waals surface area contributed by atoms with Crippen LogP contribution in [-0.2, 0) is 9.53 Å². The molecular formula is C16H28N2O2. The normalized spacial score (nSPS) is 35.1. The number of methoxy groups -OCH3 is 1. The van der Waals surface area contributed by atoms with Gasteiger partial charge in [-0.1, -0.05) is 6.42 Å². The molecule has 3 unspecified atom stereocenters. The van der Waals surface area contributed by atoms with Crippen LogP contribution in [0.25, 0.3) is 0 Å². The van der Waals surface area contributed by atoms with Gasteiger partial charge in [0.15, 0.2) is 0 Å². The van der Waals surface area contributed by atoms with E-state index < -0.39 is 5.60 Å². The Morgan fingerprint density at radius 2 is 2.10 bits per heavy atom. The Labute approximate surface area is 122 Å². The molecule has 2 aliphatic carbocycles. The Balaban J connectivity index is 1.44. The van der Waals surface area contributed by atoms with Gasteiger partial charge in [0.25, 0.3) is 5.91 Å². The van der Waals surface area contributed by atoms with Gasteiger partial charge in [0.05, 0.1) is 0 Å². The monoisotopic (exact) mass is 280 g/mol. The average molecular weight is 280 g/mol. The van der Waals surface area contributed by atoms with Crippen molar-refractivity contribution in [2.45, 2.75) is 50.5 Å². The van der Waals surface area contributed by atoms with Gasteiger partial charge < -0.3 is 15.4 Å². The zero-order valence-electron chi connectivity index (χ0n) is 12.6. The zero-order valence-corrected chi connectivity index (χ0v) is 12.6. The molecule has 0 spiro atoms. The lowest BCUT2D eigenvalue weighted by Crippen LogP contribution is -2.54. The second-order valence-electron chi connectivity index (χ2n) is 6.93. The predicted molar refractivity (Wildman–Crippen MR) is 78.4 cm³/mol. The molecule has 4 heteroatoms. The van der Waals surface area contributed by atoms with Gasteiger partial charge in [0.2, 0.25) is 0 Å². The van der Waals surface area contributed by atoms with Crippen molar-refractivity contribution in [3.63, 3.8) is 0 Å². The first-order valence-electron chi connectivity index (χ1n) is 8.28. The SMILES string of the molecule is COC1(C(=O)NCCC2CC3CCC2C3)CCNCC1. The molecule has 0 aromatic heterocycles. The second kappa shape index (κ2) is 6.02. The molecule has 2 saturated carbocycles. The van der Waals surface area contributed by atoms with Crippen LogP contribution in [0.5, 0.6) is 0 Å². The minimum Gasteiger partial charge on any atom is -0.368 e. The van der Waals surface area contributed by atoms with E-state index in [1.54, 1.807) is 7.11 Å². The van der Waals surface area contributed by atoms with E-state index in [0.717, 1.165) is 56.7 Å². The lowest BCUT2D eigenvalue weighted by atomic mass is 9.86. The molecule has 20 heavy (non-hydrogen) atoms. The number of amides is 1. The molecule has 2 N–H and O–H groups in total. The first-order chi connectivity index (χ1) is 9.73. The van der Waals surface area contributed by atoms with Gasteiger partial charge in [-0.2, -0.15) is 0 Å². The summed E-state index contributed by atoms with van der Waals surface area (Å²) in [5.41, 5.74) is -0.583. The molecular weight excluding hydrogens is 252 g/mol. The van der Waals surface area contributed by atoms with Crippen LogP contribution >= 0.6 is 0 Å². The standard InChI is InChI=1S/C16H28N2O2/c1-20-16(5-8-17-9-6-16)15(19)18-7-4-14-11-12-2-3-13(14)10-12/h12-14,17H,2-11H2,1H3,(H,18,19). The van der Waals surface area contributed by atoms with Crippen LogP contribution in [0.2, 0.25) is 0 Å². The third kappa shape index (κ3) is 2.73. The molecule has 114 valence electrons. The summed E-state index contributed by atoms with van der Waals surface area (Å²) in [6.45, 7) is 2.56. The van der Waals surface area contributed by atoms with Crippen LogP contribution in [0.1, 0.15) is 44.9 Å². The smallest absolute Gasteiger partial charge is 0.252 e. The molecule has 4 nitrogen and oxygen atoms in total.